The Morgan fingerprint density at radius 3 is 2.82 bits per heavy atom. The predicted octanol–water partition coefficient (Wildman–Crippen LogP) is 0.261. The Bertz CT molecular complexity index is 319. The molecule has 2 atom stereocenters. The zero-order valence-corrected chi connectivity index (χ0v) is 10.3. The number of hydrogen-bond acceptors (Lipinski definition) is 3. The van der Waals surface area contributed by atoms with Crippen LogP contribution < -0.4 is 0 Å². The number of carbonyl (C=O) groups excluding carboxylic acids is 1. The molecule has 0 radical (unpaired) electrons. The normalized spacial score (nSPS) is 30.9. The molecule has 1 amide bonds. The molecule has 2 rings (SSSR count). The summed E-state index contributed by atoms with van der Waals surface area (Å²) in [6, 6.07) is 0. The number of carboxylic acid groups (broad SMARTS) is 1. The zero-order chi connectivity index (χ0) is 12.4. The lowest BCUT2D eigenvalue weighted by atomic mass is 9.98. The molecule has 5 heteroatoms. The number of carboxylic acids is 1. The highest BCUT2D eigenvalue weighted by molar-refractivity contribution is 5.86. The van der Waals surface area contributed by atoms with E-state index in [0.29, 0.717) is 12.5 Å². The smallest absolute Gasteiger partial charge is 0.308 e. The van der Waals surface area contributed by atoms with Crippen LogP contribution in [0.1, 0.15) is 19.3 Å². The second-order valence-corrected chi connectivity index (χ2v) is 5.31. The molecule has 0 saturated carbocycles. The fourth-order valence-electron chi connectivity index (χ4n) is 2.85. The number of carbonyl (C=O) groups is 2. The van der Waals surface area contributed by atoms with E-state index in [1.807, 2.05) is 0 Å². The fraction of sp³-hybridized carbons (Fsp3) is 0.833. The highest BCUT2D eigenvalue weighted by atomic mass is 16.4. The van der Waals surface area contributed by atoms with Crippen molar-refractivity contribution in [1.29, 1.82) is 0 Å². The maximum absolute atomic E-state index is 11.7. The standard InChI is InChI=1S/C12H20N2O3/c1-13-4-2-3-9(6-13)7-14-8-10(12(16)17)5-11(14)15/h9-10H,2-8H2,1H3,(H,16,17). The molecule has 0 aromatic heterocycles. The van der Waals surface area contributed by atoms with Gasteiger partial charge in [0.15, 0.2) is 0 Å². The number of rotatable bonds is 3. The van der Waals surface area contributed by atoms with Gasteiger partial charge in [-0.2, -0.15) is 0 Å². The molecule has 0 aromatic rings. The van der Waals surface area contributed by atoms with E-state index in [1.165, 1.54) is 6.42 Å². The summed E-state index contributed by atoms with van der Waals surface area (Å²) in [4.78, 5) is 26.6. The molecule has 0 aliphatic carbocycles. The van der Waals surface area contributed by atoms with Crippen LogP contribution in [0.25, 0.3) is 0 Å². The molecular weight excluding hydrogens is 220 g/mol. The van der Waals surface area contributed by atoms with E-state index in [4.69, 9.17) is 5.11 Å². The molecule has 2 unspecified atom stereocenters. The topological polar surface area (TPSA) is 60.9 Å². The van der Waals surface area contributed by atoms with Gasteiger partial charge in [0.1, 0.15) is 0 Å². The first-order chi connectivity index (χ1) is 8.06. The Morgan fingerprint density at radius 2 is 2.24 bits per heavy atom. The zero-order valence-electron chi connectivity index (χ0n) is 10.3. The summed E-state index contributed by atoms with van der Waals surface area (Å²) in [5.74, 6) is -0.832. The summed E-state index contributed by atoms with van der Waals surface area (Å²) in [5, 5.41) is 8.91. The van der Waals surface area contributed by atoms with Gasteiger partial charge < -0.3 is 14.9 Å². The van der Waals surface area contributed by atoms with Crippen LogP contribution in [0.2, 0.25) is 0 Å². The summed E-state index contributed by atoms with van der Waals surface area (Å²) >= 11 is 0. The number of hydrogen-bond donors (Lipinski definition) is 1. The average molecular weight is 240 g/mol. The lowest BCUT2D eigenvalue weighted by molar-refractivity contribution is -0.141. The molecule has 17 heavy (non-hydrogen) atoms. The first-order valence-corrected chi connectivity index (χ1v) is 6.25. The molecule has 2 heterocycles. The number of aliphatic carboxylic acids is 1. The van der Waals surface area contributed by atoms with Gasteiger partial charge in [0.25, 0.3) is 0 Å². The van der Waals surface area contributed by atoms with Crippen LogP contribution in [0.15, 0.2) is 0 Å². The maximum Gasteiger partial charge on any atom is 0.308 e. The molecule has 2 fully saturated rings. The number of nitrogens with zero attached hydrogens (tertiary/aromatic N) is 2. The summed E-state index contributed by atoms with van der Waals surface area (Å²) in [5.41, 5.74) is 0. The fourth-order valence-corrected chi connectivity index (χ4v) is 2.85. The van der Waals surface area contributed by atoms with Crippen molar-refractivity contribution in [2.24, 2.45) is 11.8 Å². The third kappa shape index (κ3) is 2.97. The number of likely N-dealkylation sites (tertiary alicyclic amines) is 2. The van der Waals surface area contributed by atoms with Crippen molar-refractivity contribution in [2.75, 3.05) is 33.2 Å². The summed E-state index contributed by atoms with van der Waals surface area (Å²) in [7, 11) is 2.10. The molecule has 2 aliphatic heterocycles. The molecule has 0 spiro atoms. The molecule has 0 bridgehead atoms. The van der Waals surface area contributed by atoms with Gasteiger partial charge in [-0.1, -0.05) is 0 Å². The van der Waals surface area contributed by atoms with E-state index in [0.717, 1.165) is 26.1 Å². The Balaban J connectivity index is 1.86. The Morgan fingerprint density at radius 1 is 1.47 bits per heavy atom. The SMILES string of the molecule is CN1CCCC(CN2CC(C(=O)O)CC2=O)C1. The minimum atomic E-state index is -0.846. The van der Waals surface area contributed by atoms with E-state index in [-0.39, 0.29) is 12.3 Å². The predicted molar refractivity (Wildman–Crippen MR) is 62.5 cm³/mol. The van der Waals surface area contributed by atoms with Crippen molar-refractivity contribution in [3.63, 3.8) is 0 Å². The second kappa shape index (κ2) is 5.04. The Labute approximate surface area is 101 Å². The molecule has 2 saturated heterocycles. The van der Waals surface area contributed by atoms with Gasteiger partial charge in [-0.25, -0.2) is 0 Å². The lowest BCUT2D eigenvalue weighted by Gasteiger charge is -2.32. The van der Waals surface area contributed by atoms with Gasteiger partial charge in [-0.15, -0.1) is 0 Å². The third-order valence-corrected chi connectivity index (χ3v) is 3.76. The maximum atomic E-state index is 11.7. The van der Waals surface area contributed by atoms with Crippen molar-refractivity contribution < 1.29 is 14.7 Å². The monoisotopic (exact) mass is 240 g/mol. The Kier molecular flexibility index (Phi) is 3.66. The van der Waals surface area contributed by atoms with Crippen LogP contribution in [-0.4, -0.2) is 60.0 Å². The highest BCUT2D eigenvalue weighted by Gasteiger charge is 2.35. The quantitative estimate of drug-likeness (QED) is 0.769. The van der Waals surface area contributed by atoms with Gasteiger partial charge in [-0.3, -0.25) is 9.59 Å². The second-order valence-electron chi connectivity index (χ2n) is 5.31. The lowest BCUT2D eigenvalue weighted by Crippen LogP contribution is -2.40. The van der Waals surface area contributed by atoms with Gasteiger partial charge in [0.05, 0.1) is 5.92 Å². The van der Waals surface area contributed by atoms with E-state index in [9.17, 15) is 9.59 Å². The summed E-state index contributed by atoms with van der Waals surface area (Å²) < 4.78 is 0. The molecular formula is C12H20N2O3. The molecule has 5 nitrogen and oxygen atoms in total. The van der Waals surface area contributed by atoms with Crippen LogP contribution in [0.4, 0.5) is 0 Å². The molecule has 96 valence electrons. The van der Waals surface area contributed by atoms with Crippen LogP contribution in [0.3, 0.4) is 0 Å². The number of amides is 1. The van der Waals surface area contributed by atoms with Crippen molar-refractivity contribution in [1.82, 2.24) is 9.80 Å². The van der Waals surface area contributed by atoms with Crippen molar-refractivity contribution in [3.05, 3.63) is 0 Å². The van der Waals surface area contributed by atoms with Crippen molar-refractivity contribution in [3.8, 4) is 0 Å². The minimum absolute atomic E-state index is 0.00521. The van der Waals surface area contributed by atoms with E-state index < -0.39 is 11.9 Å². The summed E-state index contributed by atoms with van der Waals surface area (Å²) in [6.45, 7) is 3.27. The van der Waals surface area contributed by atoms with Gasteiger partial charge in [-0.05, 0) is 32.4 Å². The summed E-state index contributed by atoms with van der Waals surface area (Å²) in [6.07, 6.45) is 2.50. The number of piperidine rings is 1. The van der Waals surface area contributed by atoms with Gasteiger partial charge >= 0.3 is 5.97 Å². The van der Waals surface area contributed by atoms with E-state index >= 15 is 0 Å². The van der Waals surface area contributed by atoms with Gasteiger partial charge in [0, 0.05) is 26.1 Å². The molecule has 2 aliphatic rings. The highest BCUT2D eigenvalue weighted by Crippen LogP contribution is 2.22. The van der Waals surface area contributed by atoms with Crippen LogP contribution >= 0.6 is 0 Å². The first-order valence-electron chi connectivity index (χ1n) is 6.25. The molecule has 0 aromatic carbocycles. The van der Waals surface area contributed by atoms with Crippen molar-refractivity contribution >= 4 is 11.9 Å². The average Bonchev–Trinajstić information content (AvgIpc) is 2.61. The Hall–Kier alpha value is -1.10. The van der Waals surface area contributed by atoms with Crippen LogP contribution in [-0.2, 0) is 9.59 Å². The van der Waals surface area contributed by atoms with Crippen molar-refractivity contribution in [2.45, 2.75) is 19.3 Å². The molecule has 1 N–H and O–H groups in total. The van der Waals surface area contributed by atoms with E-state index in [2.05, 4.69) is 11.9 Å². The minimum Gasteiger partial charge on any atom is -0.481 e. The van der Waals surface area contributed by atoms with Gasteiger partial charge in [0.2, 0.25) is 5.91 Å². The first kappa shape index (κ1) is 12.4. The van der Waals surface area contributed by atoms with Crippen LogP contribution in [0, 0.1) is 11.8 Å². The van der Waals surface area contributed by atoms with E-state index in [1.54, 1.807) is 4.90 Å². The third-order valence-electron chi connectivity index (χ3n) is 3.76. The largest absolute Gasteiger partial charge is 0.481 e. The van der Waals surface area contributed by atoms with Crippen LogP contribution in [0.5, 0.6) is 0 Å².